The number of halogens is 2. The lowest BCUT2D eigenvalue weighted by Crippen LogP contribution is -2.42. The zero-order valence-electron chi connectivity index (χ0n) is 12.0. The fourth-order valence-electron chi connectivity index (χ4n) is 2.44. The topological polar surface area (TPSA) is 58.2 Å². The highest BCUT2D eigenvalue weighted by molar-refractivity contribution is 5.92. The number of nitrogens with one attached hydrogen (secondary N) is 1. The molecule has 116 valence electrons. The number of aromatic nitrogens is 2. The number of morpholine rings is 1. The lowest BCUT2D eigenvalue weighted by Gasteiger charge is -2.32. The van der Waals surface area contributed by atoms with E-state index in [-0.39, 0.29) is 12.5 Å². The normalized spacial score (nSPS) is 18.5. The van der Waals surface area contributed by atoms with Gasteiger partial charge in [-0.25, -0.2) is 8.78 Å². The van der Waals surface area contributed by atoms with E-state index in [4.69, 9.17) is 4.74 Å². The van der Waals surface area contributed by atoms with E-state index in [2.05, 4.69) is 10.2 Å². The van der Waals surface area contributed by atoms with Gasteiger partial charge in [0.2, 0.25) is 0 Å². The number of hydrogen-bond donors (Lipinski definition) is 1. The number of amides is 1. The van der Waals surface area contributed by atoms with Crippen LogP contribution in [0.4, 0.5) is 8.78 Å². The fourth-order valence-corrected chi connectivity index (χ4v) is 2.44. The highest BCUT2D eigenvalue weighted by Crippen LogP contribution is 2.24. The monoisotopic (exact) mass is 307 g/mol. The van der Waals surface area contributed by atoms with Crippen molar-refractivity contribution in [2.45, 2.75) is 13.0 Å². The minimum Gasteiger partial charge on any atom is -0.370 e. The van der Waals surface area contributed by atoms with Crippen molar-refractivity contribution in [3.05, 3.63) is 52.9 Å². The van der Waals surface area contributed by atoms with Gasteiger partial charge < -0.3 is 9.64 Å². The van der Waals surface area contributed by atoms with Gasteiger partial charge in [-0.15, -0.1) is 0 Å². The van der Waals surface area contributed by atoms with Crippen LogP contribution < -0.4 is 0 Å². The molecule has 1 aliphatic rings. The van der Waals surface area contributed by atoms with Crippen molar-refractivity contribution in [3.63, 3.8) is 0 Å². The molecule has 1 unspecified atom stereocenters. The van der Waals surface area contributed by atoms with Crippen molar-refractivity contribution in [1.29, 1.82) is 0 Å². The summed E-state index contributed by atoms with van der Waals surface area (Å²) in [5.41, 5.74) is 1.65. The molecule has 1 aromatic carbocycles. The minimum absolute atomic E-state index is 0.208. The van der Waals surface area contributed by atoms with Gasteiger partial charge in [-0.05, 0) is 30.7 Å². The average Bonchev–Trinajstić information content (AvgIpc) is 2.96. The van der Waals surface area contributed by atoms with Gasteiger partial charge in [0.15, 0.2) is 11.6 Å². The molecular weight excluding hydrogens is 292 g/mol. The lowest BCUT2D eigenvalue weighted by atomic mass is 10.1. The Morgan fingerprint density at radius 2 is 2.18 bits per heavy atom. The van der Waals surface area contributed by atoms with Crippen molar-refractivity contribution in [2.75, 3.05) is 19.7 Å². The maximum atomic E-state index is 13.3. The number of ether oxygens (including phenoxy) is 1. The standard InChI is InChI=1S/C15H15F2N3O2/c1-9-6-13(19-18-9)15(21)20-4-5-22-14(8-20)10-2-3-11(16)12(17)7-10/h2-3,6-7,14H,4-5,8H2,1H3,(H,18,19). The fraction of sp³-hybridized carbons (Fsp3) is 0.333. The molecule has 1 fully saturated rings. The number of carbonyl (C=O) groups is 1. The van der Waals surface area contributed by atoms with Crippen LogP contribution in [0.25, 0.3) is 0 Å². The van der Waals surface area contributed by atoms with Crippen LogP contribution in [-0.2, 0) is 4.74 Å². The summed E-state index contributed by atoms with van der Waals surface area (Å²) in [5.74, 6) is -2.04. The Morgan fingerprint density at radius 1 is 1.36 bits per heavy atom. The molecule has 0 spiro atoms. The van der Waals surface area contributed by atoms with E-state index in [1.54, 1.807) is 11.0 Å². The lowest BCUT2D eigenvalue weighted by molar-refractivity contribution is -0.0231. The Morgan fingerprint density at radius 3 is 2.86 bits per heavy atom. The van der Waals surface area contributed by atoms with E-state index in [1.165, 1.54) is 6.07 Å². The van der Waals surface area contributed by atoms with Crippen LogP contribution in [0.1, 0.15) is 27.8 Å². The first kappa shape index (κ1) is 14.6. The van der Waals surface area contributed by atoms with E-state index in [0.29, 0.717) is 24.4 Å². The minimum atomic E-state index is -0.924. The SMILES string of the molecule is Cc1cc(C(=O)N2CCOC(c3ccc(F)c(F)c3)C2)n[nH]1. The van der Waals surface area contributed by atoms with Gasteiger partial charge in [0, 0.05) is 12.2 Å². The Kier molecular flexibility index (Phi) is 3.89. The van der Waals surface area contributed by atoms with Gasteiger partial charge in [0.25, 0.3) is 5.91 Å². The first-order valence-corrected chi connectivity index (χ1v) is 6.92. The number of aromatic amines is 1. The van der Waals surface area contributed by atoms with Crippen LogP contribution in [0.3, 0.4) is 0 Å². The van der Waals surface area contributed by atoms with Crippen molar-refractivity contribution in [3.8, 4) is 0 Å². The quantitative estimate of drug-likeness (QED) is 0.925. The van der Waals surface area contributed by atoms with Crippen molar-refractivity contribution in [2.24, 2.45) is 0 Å². The van der Waals surface area contributed by atoms with E-state index in [1.807, 2.05) is 6.92 Å². The number of nitrogens with zero attached hydrogens (tertiary/aromatic N) is 2. The van der Waals surface area contributed by atoms with E-state index < -0.39 is 17.7 Å². The van der Waals surface area contributed by atoms with E-state index in [9.17, 15) is 13.6 Å². The Hall–Kier alpha value is -2.28. The van der Waals surface area contributed by atoms with E-state index >= 15 is 0 Å². The molecule has 22 heavy (non-hydrogen) atoms. The second-order valence-corrected chi connectivity index (χ2v) is 5.22. The summed E-state index contributed by atoms with van der Waals surface area (Å²) >= 11 is 0. The zero-order chi connectivity index (χ0) is 15.7. The number of benzene rings is 1. The van der Waals surface area contributed by atoms with E-state index in [0.717, 1.165) is 17.8 Å². The van der Waals surface area contributed by atoms with Gasteiger partial charge in [0.05, 0.1) is 13.2 Å². The van der Waals surface area contributed by atoms with Crippen LogP contribution in [0, 0.1) is 18.6 Å². The first-order valence-electron chi connectivity index (χ1n) is 6.92. The molecule has 1 amide bonds. The second-order valence-electron chi connectivity index (χ2n) is 5.22. The third-order valence-electron chi connectivity index (χ3n) is 3.59. The maximum Gasteiger partial charge on any atom is 0.274 e. The molecule has 1 saturated heterocycles. The molecule has 1 N–H and O–H groups in total. The largest absolute Gasteiger partial charge is 0.370 e. The van der Waals surface area contributed by atoms with Crippen LogP contribution in [0.2, 0.25) is 0 Å². The molecular formula is C15H15F2N3O2. The highest BCUT2D eigenvalue weighted by atomic mass is 19.2. The van der Waals surface area contributed by atoms with Crippen molar-refractivity contribution >= 4 is 5.91 Å². The molecule has 0 saturated carbocycles. The molecule has 2 aromatic rings. The molecule has 1 atom stereocenters. The molecule has 2 heterocycles. The molecule has 7 heteroatoms. The van der Waals surface area contributed by atoms with Crippen LogP contribution in [-0.4, -0.2) is 40.7 Å². The predicted octanol–water partition coefficient (Wildman–Crippen LogP) is 2.21. The summed E-state index contributed by atoms with van der Waals surface area (Å²) in [6.07, 6.45) is -0.479. The number of hydrogen-bond acceptors (Lipinski definition) is 3. The summed E-state index contributed by atoms with van der Waals surface area (Å²) in [6, 6.07) is 5.30. The predicted molar refractivity (Wildman–Crippen MR) is 74.3 cm³/mol. The van der Waals surface area contributed by atoms with Crippen molar-refractivity contribution < 1.29 is 18.3 Å². The first-order chi connectivity index (χ1) is 10.5. The van der Waals surface area contributed by atoms with Crippen LogP contribution in [0.5, 0.6) is 0 Å². The second kappa shape index (κ2) is 5.84. The zero-order valence-corrected chi connectivity index (χ0v) is 12.0. The number of aryl methyl sites for hydroxylation is 1. The third kappa shape index (κ3) is 2.85. The molecule has 1 aromatic heterocycles. The molecule has 3 rings (SSSR count). The maximum absolute atomic E-state index is 13.3. The summed E-state index contributed by atoms with van der Waals surface area (Å²) in [6.45, 7) is 2.85. The van der Waals surface area contributed by atoms with Crippen molar-refractivity contribution in [1.82, 2.24) is 15.1 Å². The molecule has 0 radical (unpaired) electrons. The smallest absolute Gasteiger partial charge is 0.274 e. The molecule has 1 aliphatic heterocycles. The number of rotatable bonds is 2. The Labute approximate surface area is 125 Å². The van der Waals surface area contributed by atoms with Gasteiger partial charge in [-0.2, -0.15) is 5.10 Å². The Balaban J connectivity index is 1.76. The summed E-state index contributed by atoms with van der Waals surface area (Å²) < 4.78 is 31.9. The molecule has 0 aliphatic carbocycles. The van der Waals surface area contributed by atoms with Gasteiger partial charge in [-0.3, -0.25) is 9.89 Å². The van der Waals surface area contributed by atoms with Gasteiger partial charge in [0.1, 0.15) is 11.8 Å². The number of carbonyl (C=O) groups excluding carboxylic acids is 1. The highest BCUT2D eigenvalue weighted by Gasteiger charge is 2.27. The van der Waals surface area contributed by atoms with Crippen LogP contribution in [0.15, 0.2) is 24.3 Å². The molecule has 0 bridgehead atoms. The molecule has 5 nitrogen and oxygen atoms in total. The summed E-state index contributed by atoms with van der Waals surface area (Å²) in [4.78, 5) is 14.0. The number of H-pyrrole nitrogens is 1. The van der Waals surface area contributed by atoms with Gasteiger partial charge in [-0.1, -0.05) is 6.07 Å². The summed E-state index contributed by atoms with van der Waals surface area (Å²) in [5, 5.41) is 6.67. The summed E-state index contributed by atoms with van der Waals surface area (Å²) in [7, 11) is 0. The van der Waals surface area contributed by atoms with Gasteiger partial charge >= 0.3 is 0 Å². The Bertz CT molecular complexity index is 702. The average molecular weight is 307 g/mol. The third-order valence-corrected chi connectivity index (χ3v) is 3.59. The van der Waals surface area contributed by atoms with Crippen LogP contribution >= 0.6 is 0 Å².